The molecule has 7 rings (SSSR count). The molecule has 0 aliphatic heterocycles. The van der Waals surface area contributed by atoms with Crippen LogP contribution >= 0.6 is 0 Å². The van der Waals surface area contributed by atoms with Crippen molar-refractivity contribution in [2.24, 2.45) is 0 Å². The summed E-state index contributed by atoms with van der Waals surface area (Å²) in [4.78, 5) is 20.2. The van der Waals surface area contributed by atoms with Crippen LogP contribution in [0.5, 0.6) is 0 Å². The molecule has 2 aromatic heterocycles. The Morgan fingerprint density at radius 3 is 2.04 bits per heavy atom. The molecule has 1 aliphatic carbocycles. The maximum atomic E-state index is 5.17. The van der Waals surface area contributed by atoms with Crippen LogP contribution in [-0.2, 0) is 0 Å². The lowest BCUT2D eigenvalue weighted by Gasteiger charge is -2.13. The van der Waals surface area contributed by atoms with E-state index in [0.717, 1.165) is 85.0 Å². The Morgan fingerprint density at radius 1 is 0.706 bits per heavy atom. The quantitative estimate of drug-likeness (QED) is 0.137. The summed E-state index contributed by atoms with van der Waals surface area (Å²) in [5, 5.41) is 1.97. The van der Waals surface area contributed by atoms with Crippen molar-refractivity contribution in [1.82, 2.24) is 19.9 Å². The molecule has 0 bridgehead atoms. The number of benzene rings is 4. The monoisotopic (exact) mass is 658 g/mol. The summed E-state index contributed by atoms with van der Waals surface area (Å²) in [6.07, 6.45) is 20.1. The lowest BCUT2D eigenvalue weighted by molar-refractivity contribution is 0.979. The van der Waals surface area contributed by atoms with Crippen LogP contribution in [0.15, 0.2) is 183 Å². The van der Waals surface area contributed by atoms with Gasteiger partial charge in [0.15, 0.2) is 11.6 Å². The van der Waals surface area contributed by atoms with Gasteiger partial charge in [-0.3, -0.25) is 0 Å². The average Bonchev–Trinajstić information content (AvgIpc) is 3.19. The Balaban J connectivity index is 1.30. The fourth-order valence-electron chi connectivity index (χ4n) is 6.40. The van der Waals surface area contributed by atoms with Crippen LogP contribution in [0.1, 0.15) is 31.2 Å². The van der Waals surface area contributed by atoms with Gasteiger partial charge in [0.05, 0.1) is 22.4 Å². The zero-order valence-corrected chi connectivity index (χ0v) is 28.8. The summed E-state index contributed by atoms with van der Waals surface area (Å²) >= 11 is 0. The first-order valence-electron chi connectivity index (χ1n) is 17.2. The Hall–Kier alpha value is -6.52. The van der Waals surface area contributed by atoms with E-state index >= 15 is 0 Å². The van der Waals surface area contributed by atoms with E-state index in [9.17, 15) is 0 Å². The van der Waals surface area contributed by atoms with Crippen LogP contribution in [0.4, 0.5) is 0 Å². The molecule has 1 aliphatic rings. The Labute approximate surface area is 299 Å². The predicted octanol–water partition coefficient (Wildman–Crippen LogP) is 12.1. The summed E-state index contributed by atoms with van der Waals surface area (Å²) in [5.41, 5.74) is 11.6. The first-order valence-corrected chi connectivity index (χ1v) is 17.2. The second kappa shape index (κ2) is 14.9. The van der Waals surface area contributed by atoms with E-state index in [4.69, 9.17) is 19.9 Å². The van der Waals surface area contributed by atoms with Gasteiger partial charge in [-0.1, -0.05) is 147 Å². The normalized spacial score (nSPS) is 13.5. The third-order valence-electron chi connectivity index (χ3n) is 8.97. The molecule has 0 spiro atoms. The Kier molecular flexibility index (Phi) is 9.66. The number of aromatic nitrogens is 4. The second-order valence-corrected chi connectivity index (χ2v) is 12.3. The van der Waals surface area contributed by atoms with Gasteiger partial charge in [0, 0.05) is 33.0 Å². The highest BCUT2D eigenvalue weighted by Gasteiger charge is 2.16. The summed E-state index contributed by atoms with van der Waals surface area (Å²) in [6.45, 7) is 14.4. The summed E-state index contributed by atoms with van der Waals surface area (Å²) < 4.78 is 0. The average molecular weight is 659 g/mol. The van der Waals surface area contributed by atoms with Crippen molar-refractivity contribution in [3.63, 3.8) is 0 Å². The Morgan fingerprint density at radius 2 is 1.39 bits per heavy atom. The molecule has 0 atom stereocenters. The van der Waals surface area contributed by atoms with E-state index in [2.05, 4.69) is 98.6 Å². The third kappa shape index (κ3) is 6.99. The zero-order chi connectivity index (χ0) is 35.2. The molecule has 4 nitrogen and oxygen atoms in total. The van der Waals surface area contributed by atoms with Crippen molar-refractivity contribution in [1.29, 1.82) is 0 Å². The predicted molar refractivity (Wildman–Crippen MR) is 216 cm³/mol. The van der Waals surface area contributed by atoms with E-state index in [0.29, 0.717) is 11.6 Å². The van der Waals surface area contributed by atoms with Crippen LogP contribution < -0.4 is 0 Å². The van der Waals surface area contributed by atoms with Crippen molar-refractivity contribution >= 4 is 33.0 Å². The van der Waals surface area contributed by atoms with E-state index in [1.54, 1.807) is 0 Å². The van der Waals surface area contributed by atoms with Gasteiger partial charge >= 0.3 is 0 Å². The highest BCUT2D eigenvalue weighted by Crippen LogP contribution is 2.34. The van der Waals surface area contributed by atoms with E-state index < -0.39 is 0 Å². The lowest BCUT2D eigenvalue weighted by Crippen LogP contribution is -1.99. The van der Waals surface area contributed by atoms with Gasteiger partial charge in [-0.05, 0) is 66.3 Å². The molecule has 0 amide bonds. The first-order chi connectivity index (χ1) is 25.1. The molecular weight excluding hydrogens is 621 g/mol. The van der Waals surface area contributed by atoms with Gasteiger partial charge in [-0.2, -0.15) is 0 Å². The number of rotatable bonds is 10. The summed E-state index contributed by atoms with van der Waals surface area (Å²) in [6, 6.07) is 33.1. The standard InChI is InChI=1S/C47H38N4/c1-5-16-35(17-6-2)38-20-15-21-39(31-38)47-49-43-25-14-12-23-41(43)45(51-47)37-28-26-36(27-29-37)44-40-22-11-13-24-42(40)48-46(50-44)33(7-3)30-32(4)34-18-9-8-10-19-34/h5-9,11-18,20-31H,1,3-4,10,19H2,2H3/b17-6-,33-30+,35-16+. The fraction of sp³-hybridized carbons (Fsp3) is 0.0638. The maximum absolute atomic E-state index is 5.17. The highest BCUT2D eigenvalue weighted by molar-refractivity contribution is 5.96. The molecule has 4 aromatic carbocycles. The molecule has 246 valence electrons. The molecule has 4 heteroatoms. The Bertz CT molecular complexity index is 2470. The minimum Gasteiger partial charge on any atom is -0.228 e. The van der Waals surface area contributed by atoms with Crippen molar-refractivity contribution in [3.8, 4) is 33.9 Å². The number of nitrogens with zero attached hydrogens (tertiary/aromatic N) is 4. The second-order valence-electron chi connectivity index (χ2n) is 12.3. The van der Waals surface area contributed by atoms with Crippen molar-refractivity contribution in [2.45, 2.75) is 19.8 Å². The molecule has 0 saturated carbocycles. The largest absolute Gasteiger partial charge is 0.228 e. The van der Waals surface area contributed by atoms with Gasteiger partial charge in [0.1, 0.15) is 0 Å². The molecule has 0 unspecified atom stereocenters. The van der Waals surface area contributed by atoms with Gasteiger partial charge in [0.2, 0.25) is 0 Å². The minimum absolute atomic E-state index is 0.616. The molecule has 0 fully saturated rings. The molecular formula is C47H38N4. The van der Waals surface area contributed by atoms with Crippen LogP contribution in [0.3, 0.4) is 0 Å². The number of hydrogen-bond donors (Lipinski definition) is 0. The first kappa shape index (κ1) is 33.0. The van der Waals surface area contributed by atoms with E-state index in [1.807, 2.05) is 79.8 Å². The van der Waals surface area contributed by atoms with Gasteiger partial charge in [0.25, 0.3) is 0 Å². The molecule has 2 heterocycles. The molecule has 51 heavy (non-hydrogen) atoms. The number of para-hydroxylation sites is 2. The van der Waals surface area contributed by atoms with Gasteiger partial charge in [-0.25, -0.2) is 19.9 Å². The van der Waals surface area contributed by atoms with E-state index in [1.165, 1.54) is 5.57 Å². The number of hydrogen-bond acceptors (Lipinski definition) is 4. The topological polar surface area (TPSA) is 51.6 Å². The molecule has 0 radical (unpaired) electrons. The lowest BCUT2D eigenvalue weighted by atomic mass is 9.96. The van der Waals surface area contributed by atoms with Crippen molar-refractivity contribution in [2.75, 3.05) is 0 Å². The number of fused-ring (bicyclic) bond motifs is 2. The number of allylic oxidation sites excluding steroid dienone is 13. The van der Waals surface area contributed by atoms with Crippen LogP contribution in [0, 0.1) is 0 Å². The van der Waals surface area contributed by atoms with Crippen molar-refractivity contribution in [3.05, 3.63) is 194 Å². The molecule has 0 saturated heterocycles. The third-order valence-corrected chi connectivity index (χ3v) is 8.97. The fourth-order valence-corrected chi connectivity index (χ4v) is 6.40. The molecule has 0 N–H and O–H groups in total. The van der Waals surface area contributed by atoms with E-state index in [-0.39, 0.29) is 0 Å². The van der Waals surface area contributed by atoms with Gasteiger partial charge < -0.3 is 0 Å². The van der Waals surface area contributed by atoms with Crippen LogP contribution in [0.25, 0.3) is 66.9 Å². The SMILES string of the molecule is C=C/C=C(\C=C/C)c1cccc(-c2nc(-c3ccc(-c4nc(/C(C=C)=C/C(=C)C5=CC=CCC5)nc5ccccc45)cc3)c3ccccc3n2)c1. The van der Waals surface area contributed by atoms with Crippen LogP contribution in [0.2, 0.25) is 0 Å². The van der Waals surface area contributed by atoms with Crippen LogP contribution in [-0.4, -0.2) is 19.9 Å². The molecule has 6 aromatic rings. The zero-order valence-electron chi connectivity index (χ0n) is 28.8. The van der Waals surface area contributed by atoms with Crippen molar-refractivity contribution < 1.29 is 0 Å². The summed E-state index contributed by atoms with van der Waals surface area (Å²) in [7, 11) is 0. The maximum Gasteiger partial charge on any atom is 0.160 e. The van der Waals surface area contributed by atoms with Gasteiger partial charge in [-0.15, -0.1) is 0 Å². The highest BCUT2D eigenvalue weighted by atomic mass is 14.9. The smallest absolute Gasteiger partial charge is 0.160 e. The summed E-state index contributed by atoms with van der Waals surface area (Å²) in [5.74, 6) is 1.29. The minimum atomic E-state index is 0.616.